The Balaban J connectivity index is 1.84. The average Bonchev–Trinajstić information content (AvgIpc) is 2.89. The van der Waals surface area contributed by atoms with Crippen LogP contribution in [0.25, 0.3) is 0 Å². The van der Waals surface area contributed by atoms with Crippen LogP contribution in [-0.4, -0.2) is 16.1 Å². The minimum Gasteiger partial charge on any atom is -0.309 e. The van der Waals surface area contributed by atoms with Crippen LogP contribution in [0.3, 0.4) is 0 Å². The van der Waals surface area contributed by atoms with Gasteiger partial charge in [-0.25, -0.2) is 0 Å². The molecule has 0 aromatic carbocycles. The molecule has 0 fully saturated rings. The molecule has 1 aromatic rings. The van der Waals surface area contributed by atoms with Crippen molar-refractivity contribution in [2.75, 3.05) is 5.32 Å². The van der Waals surface area contributed by atoms with Crippen LogP contribution in [0, 0.1) is 5.92 Å². The number of carbonyl (C=O) groups excluding carboxylic acids is 1. The first-order valence-electron chi connectivity index (χ1n) is 5.78. The SMILES string of the molecule is CCc1cc(NC(=O)CC2C=CCC2)n[nH]1. The monoisotopic (exact) mass is 219 g/mol. The maximum Gasteiger partial charge on any atom is 0.226 e. The first-order chi connectivity index (χ1) is 7.78. The van der Waals surface area contributed by atoms with Crippen LogP contribution in [0.2, 0.25) is 0 Å². The van der Waals surface area contributed by atoms with Crippen molar-refractivity contribution in [3.63, 3.8) is 0 Å². The third-order valence-electron chi connectivity index (χ3n) is 2.84. The van der Waals surface area contributed by atoms with Crippen molar-refractivity contribution in [2.45, 2.75) is 32.6 Å². The number of anilines is 1. The Labute approximate surface area is 95.1 Å². The van der Waals surface area contributed by atoms with E-state index in [9.17, 15) is 4.79 Å². The molecule has 1 aliphatic carbocycles. The van der Waals surface area contributed by atoms with Crippen LogP contribution in [0.15, 0.2) is 18.2 Å². The molecule has 1 unspecified atom stereocenters. The number of aromatic nitrogens is 2. The quantitative estimate of drug-likeness (QED) is 0.763. The number of nitrogens with zero attached hydrogens (tertiary/aromatic N) is 1. The first kappa shape index (κ1) is 10.9. The van der Waals surface area contributed by atoms with E-state index in [0.29, 0.717) is 18.2 Å². The van der Waals surface area contributed by atoms with Gasteiger partial charge in [0.05, 0.1) is 0 Å². The lowest BCUT2D eigenvalue weighted by Gasteiger charge is -2.06. The van der Waals surface area contributed by atoms with Crippen LogP contribution < -0.4 is 5.32 Å². The van der Waals surface area contributed by atoms with E-state index in [4.69, 9.17) is 0 Å². The Morgan fingerprint density at radius 1 is 1.69 bits per heavy atom. The topological polar surface area (TPSA) is 57.8 Å². The van der Waals surface area contributed by atoms with Gasteiger partial charge < -0.3 is 5.32 Å². The Kier molecular flexibility index (Phi) is 3.39. The molecule has 0 aliphatic heterocycles. The van der Waals surface area contributed by atoms with Crippen LogP contribution in [0.1, 0.15) is 31.9 Å². The summed E-state index contributed by atoms with van der Waals surface area (Å²) in [6.45, 7) is 2.04. The van der Waals surface area contributed by atoms with Crippen molar-refractivity contribution in [1.29, 1.82) is 0 Å². The molecule has 0 spiro atoms. The zero-order chi connectivity index (χ0) is 11.4. The normalized spacial score (nSPS) is 18.9. The number of allylic oxidation sites excluding steroid dienone is 2. The second kappa shape index (κ2) is 4.96. The summed E-state index contributed by atoms with van der Waals surface area (Å²) in [6, 6.07) is 1.88. The van der Waals surface area contributed by atoms with Gasteiger partial charge in [-0.2, -0.15) is 5.10 Å². The highest BCUT2D eigenvalue weighted by molar-refractivity contribution is 5.90. The molecule has 1 amide bonds. The largest absolute Gasteiger partial charge is 0.309 e. The highest BCUT2D eigenvalue weighted by atomic mass is 16.1. The zero-order valence-electron chi connectivity index (χ0n) is 9.49. The van der Waals surface area contributed by atoms with E-state index >= 15 is 0 Å². The average molecular weight is 219 g/mol. The molecule has 86 valence electrons. The Hall–Kier alpha value is -1.58. The zero-order valence-corrected chi connectivity index (χ0v) is 9.49. The van der Waals surface area contributed by atoms with Gasteiger partial charge in [0, 0.05) is 18.2 Å². The van der Waals surface area contributed by atoms with E-state index in [1.807, 2.05) is 13.0 Å². The Morgan fingerprint density at radius 2 is 2.56 bits per heavy atom. The fraction of sp³-hybridized carbons (Fsp3) is 0.500. The van der Waals surface area contributed by atoms with E-state index < -0.39 is 0 Å². The second-order valence-electron chi connectivity index (χ2n) is 4.15. The minimum absolute atomic E-state index is 0.0469. The van der Waals surface area contributed by atoms with Crippen LogP contribution in [0.4, 0.5) is 5.82 Å². The van der Waals surface area contributed by atoms with Gasteiger partial charge in [0.2, 0.25) is 5.91 Å². The van der Waals surface area contributed by atoms with Gasteiger partial charge in [-0.15, -0.1) is 0 Å². The Bertz CT molecular complexity index is 395. The number of amides is 1. The Morgan fingerprint density at radius 3 is 3.19 bits per heavy atom. The van der Waals surface area contributed by atoms with E-state index in [0.717, 1.165) is 25.0 Å². The summed E-state index contributed by atoms with van der Waals surface area (Å²) in [5.74, 6) is 1.08. The van der Waals surface area contributed by atoms with E-state index in [1.54, 1.807) is 0 Å². The van der Waals surface area contributed by atoms with E-state index in [1.165, 1.54) is 0 Å². The number of hydrogen-bond donors (Lipinski definition) is 2. The maximum absolute atomic E-state index is 11.7. The van der Waals surface area contributed by atoms with Gasteiger partial charge in [-0.3, -0.25) is 9.89 Å². The molecule has 2 rings (SSSR count). The fourth-order valence-corrected chi connectivity index (χ4v) is 1.90. The highest BCUT2D eigenvalue weighted by Crippen LogP contribution is 2.20. The van der Waals surface area contributed by atoms with Crippen LogP contribution in [0.5, 0.6) is 0 Å². The molecule has 1 aliphatic rings. The van der Waals surface area contributed by atoms with Gasteiger partial charge in [-0.1, -0.05) is 19.1 Å². The molecule has 0 bridgehead atoms. The molecule has 1 atom stereocenters. The van der Waals surface area contributed by atoms with Crippen molar-refractivity contribution >= 4 is 11.7 Å². The molecule has 1 heterocycles. The number of hydrogen-bond acceptors (Lipinski definition) is 2. The van der Waals surface area contributed by atoms with Crippen molar-refractivity contribution < 1.29 is 4.79 Å². The highest BCUT2D eigenvalue weighted by Gasteiger charge is 2.14. The molecule has 16 heavy (non-hydrogen) atoms. The summed E-state index contributed by atoms with van der Waals surface area (Å²) >= 11 is 0. The minimum atomic E-state index is 0.0469. The molecule has 0 saturated heterocycles. The molecular weight excluding hydrogens is 202 g/mol. The summed E-state index contributed by atoms with van der Waals surface area (Å²) in [7, 11) is 0. The number of nitrogens with one attached hydrogen (secondary N) is 2. The summed E-state index contributed by atoms with van der Waals surface area (Å²) in [5, 5.41) is 9.71. The lowest BCUT2D eigenvalue weighted by Crippen LogP contribution is -2.14. The maximum atomic E-state index is 11.7. The predicted octanol–water partition coefficient (Wildman–Crippen LogP) is 2.27. The molecule has 1 aromatic heterocycles. The molecule has 0 radical (unpaired) electrons. The molecule has 0 saturated carbocycles. The van der Waals surface area contributed by atoms with Gasteiger partial charge in [0.15, 0.2) is 5.82 Å². The summed E-state index contributed by atoms with van der Waals surface area (Å²) in [4.78, 5) is 11.7. The summed E-state index contributed by atoms with van der Waals surface area (Å²) in [6.07, 6.45) is 7.91. The first-order valence-corrected chi connectivity index (χ1v) is 5.78. The van der Waals surface area contributed by atoms with Gasteiger partial charge >= 0.3 is 0 Å². The second-order valence-corrected chi connectivity index (χ2v) is 4.15. The van der Waals surface area contributed by atoms with Crippen LogP contribution in [-0.2, 0) is 11.2 Å². The van der Waals surface area contributed by atoms with Crippen molar-refractivity contribution in [3.8, 4) is 0 Å². The lowest BCUT2D eigenvalue weighted by molar-refractivity contribution is -0.116. The van der Waals surface area contributed by atoms with Gasteiger partial charge in [0.25, 0.3) is 0 Å². The standard InChI is InChI=1S/C12H17N3O/c1-2-10-8-11(15-14-10)13-12(16)7-9-5-3-4-6-9/h3,5,8-9H,2,4,6-7H2,1H3,(H2,13,14,15,16). The predicted molar refractivity (Wildman–Crippen MR) is 63.1 cm³/mol. The third kappa shape index (κ3) is 2.72. The van der Waals surface area contributed by atoms with Crippen molar-refractivity contribution in [3.05, 3.63) is 23.9 Å². The number of carbonyl (C=O) groups is 1. The third-order valence-corrected chi connectivity index (χ3v) is 2.84. The van der Waals surface area contributed by atoms with E-state index in [-0.39, 0.29) is 5.91 Å². The number of aryl methyl sites for hydroxylation is 1. The summed E-state index contributed by atoms with van der Waals surface area (Å²) in [5.41, 5.74) is 1.04. The van der Waals surface area contributed by atoms with Crippen molar-refractivity contribution in [1.82, 2.24) is 10.2 Å². The molecule has 4 nitrogen and oxygen atoms in total. The lowest BCUT2D eigenvalue weighted by atomic mass is 10.1. The smallest absolute Gasteiger partial charge is 0.226 e. The molecule has 2 N–H and O–H groups in total. The molecular formula is C12H17N3O. The van der Waals surface area contributed by atoms with Gasteiger partial charge in [0.1, 0.15) is 0 Å². The fourth-order valence-electron chi connectivity index (χ4n) is 1.90. The van der Waals surface area contributed by atoms with Crippen molar-refractivity contribution in [2.24, 2.45) is 5.92 Å². The van der Waals surface area contributed by atoms with Crippen LogP contribution >= 0.6 is 0 Å². The van der Waals surface area contributed by atoms with E-state index in [2.05, 4.69) is 27.7 Å². The van der Waals surface area contributed by atoms with Gasteiger partial charge in [-0.05, 0) is 25.2 Å². The number of rotatable bonds is 4. The summed E-state index contributed by atoms with van der Waals surface area (Å²) < 4.78 is 0. The number of H-pyrrole nitrogens is 1. The number of aromatic amines is 1. The molecule has 4 heteroatoms.